The van der Waals surface area contributed by atoms with Gasteiger partial charge < -0.3 is 4.74 Å². The van der Waals surface area contributed by atoms with Crippen molar-refractivity contribution in [3.8, 4) is 5.75 Å². The van der Waals surface area contributed by atoms with Crippen molar-refractivity contribution in [3.05, 3.63) is 64.4 Å². The Bertz CT molecular complexity index is 657. The van der Waals surface area contributed by atoms with Crippen LogP contribution in [0.1, 0.15) is 36.7 Å². The molecule has 2 nitrogen and oxygen atoms in total. The van der Waals surface area contributed by atoms with Gasteiger partial charge in [-0.05, 0) is 63.2 Å². The van der Waals surface area contributed by atoms with Crippen molar-refractivity contribution in [2.75, 3.05) is 0 Å². The second-order valence-electron chi connectivity index (χ2n) is 5.69. The van der Waals surface area contributed by atoms with Crippen LogP contribution in [-0.2, 0) is 0 Å². The molecule has 0 atom stereocenters. The minimum absolute atomic E-state index is 0.106. The predicted molar refractivity (Wildman–Crippen MR) is 81.7 cm³/mol. The number of hydrogen-bond donors (Lipinski definition) is 0. The average molecular weight is 307 g/mol. The van der Waals surface area contributed by atoms with Crippen molar-refractivity contribution in [1.82, 2.24) is 0 Å². The fourth-order valence-corrected chi connectivity index (χ4v) is 2.11. The molecule has 2 aromatic carbocycles. The summed E-state index contributed by atoms with van der Waals surface area (Å²) in [5, 5.41) is 0.106. The number of rotatable bonds is 3. The largest absolute Gasteiger partial charge is 0.488 e. The summed E-state index contributed by atoms with van der Waals surface area (Å²) in [5.41, 5.74) is 0.457. The number of carbonyl (C=O) groups excluding carboxylic acids is 1. The van der Waals surface area contributed by atoms with Crippen molar-refractivity contribution in [1.29, 1.82) is 0 Å². The van der Waals surface area contributed by atoms with Gasteiger partial charge in [0, 0.05) is 11.1 Å². The summed E-state index contributed by atoms with van der Waals surface area (Å²) in [7, 11) is 0. The van der Waals surface area contributed by atoms with E-state index >= 15 is 0 Å². The Labute approximate surface area is 128 Å². The number of halogens is 2. The van der Waals surface area contributed by atoms with Gasteiger partial charge in [-0.3, -0.25) is 4.79 Å². The van der Waals surface area contributed by atoms with Crippen LogP contribution in [0.3, 0.4) is 0 Å². The molecule has 0 saturated heterocycles. The fourth-order valence-electron chi connectivity index (χ4n) is 1.86. The Morgan fingerprint density at radius 2 is 1.71 bits per heavy atom. The number of hydrogen-bond acceptors (Lipinski definition) is 2. The second kappa shape index (κ2) is 5.86. The van der Waals surface area contributed by atoms with Crippen LogP contribution in [0.4, 0.5) is 4.39 Å². The zero-order valence-corrected chi connectivity index (χ0v) is 12.9. The van der Waals surface area contributed by atoms with Crippen LogP contribution in [0, 0.1) is 5.82 Å². The van der Waals surface area contributed by atoms with Crippen LogP contribution >= 0.6 is 11.6 Å². The van der Waals surface area contributed by atoms with Crippen molar-refractivity contribution < 1.29 is 13.9 Å². The van der Waals surface area contributed by atoms with E-state index in [1.807, 2.05) is 20.8 Å². The molecule has 0 aromatic heterocycles. The summed E-state index contributed by atoms with van der Waals surface area (Å²) in [4.78, 5) is 12.3. The average Bonchev–Trinajstić information content (AvgIpc) is 2.37. The van der Waals surface area contributed by atoms with Crippen molar-refractivity contribution in [3.63, 3.8) is 0 Å². The summed E-state index contributed by atoms with van der Waals surface area (Å²) in [6.07, 6.45) is 0. The summed E-state index contributed by atoms with van der Waals surface area (Å²) >= 11 is 5.91. The third kappa shape index (κ3) is 4.05. The molecule has 0 aliphatic heterocycles. The zero-order valence-electron chi connectivity index (χ0n) is 12.1. The molecule has 110 valence electrons. The number of ether oxygens (including phenoxy) is 1. The zero-order chi connectivity index (χ0) is 15.6. The molecule has 0 N–H and O–H groups in total. The van der Waals surface area contributed by atoms with Crippen molar-refractivity contribution >= 4 is 17.4 Å². The highest BCUT2D eigenvalue weighted by molar-refractivity contribution is 6.35. The van der Waals surface area contributed by atoms with E-state index in [0.29, 0.717) is 11.3 Å². The third-order valence-corrected chi connectivity index (χ3v) is 3.03. The van der Waals surface area contributed by atoms with Gasteiger partial charge in [0.15, 0.2) is 5.78 Å². The summed E-state index contributed by atoms with van der Waals surface area (Å²) < 4.78 is 18.7. The van der Waals surface area contributed by atoms with Gasteiger partial charge in [0.1, 0.15) is 17.2 Å². The van der Waals surface area contributed by atoms with Crippen LogP contribution in [0.15, 0.2) is 42.5 Å². The molecule has 4 heteroatoms. The fraction of sp³-hybridized carbons (Fsp3) is 0.235. The Morgan fingerprint density at radius 3 is 2.24 bits per heavy atom. The molecule has 0 amide bonds. The normalized spacial score (nSPS) is 11.3. The maximum Gasteiger partial charge on any atom is 0.194 e. The molecular weight excluding hydrogens is 291 g/mol. The maximum atomic E-state index is 13.0. The van der Waals surface area contributed by atoms with Gasteiger partial charge in [-0.1, -0.05) is 11.6 Å². The van der Waals surface area contributed by atoms with E-state index in [-0.39, 0.29) is 22.0 Å². The maximum absolute atomic E-state index is 13.0. The smallest absolute Gasteiger partial charge is 0.194 e. The minimum atomic E-state index is -0.467. The molecule has 0 unspecified atom stereocenters. The van der Waals surface area contributed by atoms with Crippen LogP contribution in [0.25, 0.3) is 0 Å². The monoisotopic (exact) mass is 306 g/mol. The molecule has 0 aliphatic carbocycles. The molecule has 0 spiro atoms. The second-order valence-corrected chi connectivity index (χ2v) is 6.10. The molecule has 0 saturated carbocycles. The molecular formula is C17H16ClFO2. The highest BCUT2D eigenvalue weighted by atomic mass is 35.5. The van der Waals surface area contributed by atoms with E-state index in [4.69, 9.17) is 16.3 Å². The lowest BCUT2D eigenvalue weighted by Crippen LogP contribution is -2.22. The lowest BCUT2D eigenvalue weighted by atomic mass is 10.0. The lowest BCUT2D eigenvalue weighted by molar-refractivity contribution is 0.103. The van der Waals surface area contributed by atoms with Gasteiger partial charge >= 0.3 is 0 Å². The molecule has 0 fully saturated rings. The minimum Gasteiger partial charge on any atom is -0.488 e. The van der Waals surface area contributed by atoms with Gasteiger partial charge in [0.25, 0.3) is 0 Å². The Hall–Kier alpha value is -1.87. The van der Waals surface area contributed by atoms with Gasteiger partial charge in [0.2, 0.25) is 0 Å². The van der Waals surface area contributed by atoms with E-state index in [1.54, 1.807) is 24.3 Å². The standard InChI is InChI=1S/C17H16ClFO2/c1-17(2,3)21-13-7-4-11(5-8-13)16(20)14-9-6-12(19)10-15(14)18/h4-10H,1-3H3. The van der Waals surface area contributed by atoms with E-state index in [2.05, 4.69) is 0 Å². The van der Waals surface area contributed by atoms with Crippen LogP contribution < -0.4 is 4.74 Å². The Kier molecular flexibility index (Phi) is 4.33. The van der Waals surface area contributed by atoms with Gasteiger partial charge in [0.05, 0.1) is 5.02 Å². The number of benzene rings is 2. The third-order valence-electron chi connectivity index (χ3n) is 2.72. The van der Waals surface area contributed by atoms with Gasteiger partial charge in [-0.25, -0.2) is 4.39 Å². The Balaban J connectivity index is 2.24. The number of ketones is 1. The lowest BCUT2D eigenvalue weighted by Gasteiger charge is -2.21. The van der Waals surface area contributed by atoms with E-state index in [0.717, 1.165) is 6.07 Å². The number of carbonyl (C=O) groups is 1. The van der Waals surface area contributed by atoms with Gasteiger partial charge in [-0.15, -0.1) is 0 Å². The van der Waals surface area contributed by atoms with Crippen LogP contribution in [0.2, 0.25) is 5.02 Å². The molecule has 2 rings (SSSR count). The highest BCUT2D eigenvalue weighted by Gasteiger charge is 2.15. The quantitative estimate of drug-likeness (QED) is 0.755. The van der Waals surface area contributed by atoms with Crippen LogP contribution in [0.5, 0.6) is 5.75 Å². The molecule has 21 heavy (non-hydrogen) atoms. The molecule has 0 radical (unpaired) electrons. The van der Waals surface area contributed by atoms with Crippen LogP contribution in [-0.4, -0.2) is 11.4 Å². The summed E-state index contributed by atoms with van der Waals surface area (Å²) in [6, 6.07) is 10.5. The first-order valence-corrected chi connectivity index (χ1v) is 6.93. The van der Waals surface area contributed by atoms with E-state index < -0.39 is 5.82 Å². The highest BCUT2D eigenvalue weighted by Crippen LogP contribution is 2.23. The molecule has 0 heterocycles. The van der Waals surface area contributed by atoms with E-state index in [1.165, 1.54) is 12.1 Å². The van der Waals surface area contributed by atoms with Gasteiger partial charge in [-0.2, -0.15) is 0 Å². The Morgan fingerprint density at radius 1 is 1.10 bits per heavy atom. The summed E-state index contributed by atoms with van der Waals surface area (Å²) in [5.74, 6) is -0.0305. The first-order chi connectivity index (χ1) is 9.76. The first kappa shape index (κ1) is 15.5. The predicted octanol–water partition coefficient (Wildman–Crippen LogP) is 4.89. The van der Waals surface area contributed by atoms with Crippen molar-refractivity contribution in [2.45, 2.75) is 26.4 Å². The topological polar surface area (TPSA) is 26.3 Å². The molecule has 2 aromatic rings. The molecule has 0 aliphatic rings. The first-order valence-electron chi connectivity index (χ1n) is 6.55. The SMILES string of the molecule is CC(C)(C)Oc1ccc(C(=O)c2ccc(F)cc2Cl)cc1. The van der Waals surface area contributed by atoms with E-state index in [9.17, 15) is 9.18 Å². The molecule has 0 bridgehead atoms. The van der Waals surface area contributed by atoms with Crippen molar-refractivity contribution in [2.24, 2.45) is 0 Å². The summed E-state index contributed by atoms with van der Waals surface area (Å²) in [6.45, 7) is 5.85.